The van der Waals surface area contributed by atoms with Gasteiger partial charge in [0.1, 0.15) is 17.3 Å². The van der Waals surface area contributed by atoms with Crippen molar-refractivity contribution in [1.82, 2.24) is 0 Å². The third kappa shape index (κ3) is 3.11. The van der Waals surface area contributed by atoms with E-state index in [2.05, 4.69) is 20.8 Å². The third-order valence-electron chi connectivity index (χ3n) is 2.44. The summed E-state index contributed by atoms with van der Waals surface area (Å²) < 4.78 is 44.7. The summed E-state index contributed by atoms with van der Waals surface area (Å²) in [7, 11) is 0. The van der Waals surface area contributed by atoms with E-state index in [0.717, 1.165) is 12.1 Å². The highest BCUT2D eigenvalue weighted by molar-refractivity contribution is 9.10. The average molecular weight is 342 g/mol. The van der Waals surface area contributed by atoms with Crippen molar-refractivity contribution in [2.45, 2.75) is 6.43 Å². The zero-order valence-corrected chi connectivity index (χ0v) is 11.5. The van der Waals surface area contributed by atoms with Crippen molar-refractivity contribution in [3.8, 4) is 11.5 Å². The second kappa shape index (κ2) is 5.97. The van der Waals surface area contributed by atoms with Gasteiger partial charge in [-0.25, -0.2) is 18.0 Å². The van der Waals surface area contributed by atoms with E-state index in [9.17, 15) is 13.2 Å². The molecule has 0 amide bonds. The standard InChI is InChI=1S/C14H7BrF3NO/c1-19-9-5-8(16)6-10(7-9)20-12-4-2-3-11(15)13(12)14(17)18/h2-7,14H. The highest BCUT2D eigenvalue weighted by Gasteiger charge is 2.18. The summed E-state index contributed by atoms with van der Waals surface area (Å²) in [5.41, 5.74) is -0.283. The highest BCUT2D eigenvalue weighted by atomic mass is 79.9. The molecule has 0 saturated carbocycles. The normalized spacial score (nSPS) is 10.4. The van der Waals surface area contributed by atoms with Crippen LogP contribution in [0.4, 0.5) is 18.9 Å². The molecule has 0 aliphatic rings. The Morgan fingerprint density at radius 2 is 1.95 bits per heavy atom. The van der Waals surface area contributed by atoms with Crippen molar-refractivity contribution < 1.29 is 17.9 Å². The van der Waals surface area contributed by atoms with Crippen molar-refractivity contribution in [1.29, 1.82) is 0 Å². The largest absolute Gasteiger partial charge is 0.458 e. The van der Waals surface area contributed by atoms with Crippen LogP contribution in [0.1, 0.15) is 12.0 Å². The third-order valence-corrected chi connectivity index (χ3v) is 3.14. The van der Waals surface area contributed by atoms with E-state index in [1.807, 2.05) is 0 Å². The van der Waals surface area contributed by atoms with Gasteiger partial charge in [0.15, 0.2) is 5.69 Å². The number of hydrogen-bond donors (Lipinski definition) is 0. The number of alkyl halides is 2. The molecule has 0 aliphatic carbocycles. The summed E-state index contributed by atoms with van der Waals surface area (Å²) in [4.78, 5) is 3.08. The van der Waals surface area contributed by atoms with Crippen LogP contribution in [0, 0.1) is 12.4 Å². The lowest BCUT2D eigenvalue weighted by atomic mass is 10.2. The van der Waals surface area contributed by atoms with Gasteiger partial charge in [-0.1, -0.05) is 22.0 Å². The zero-order valence-electron chi connectivity index (χ0n) is 9.91. The van der Waals surface area contributed by atoms with Gasteiger partial charge in [-0.05, 0) is 24.3 Å². The molecule has 6 heteroatoms. The summed E-state index contributed by atoms with van der Waals surface area (Å²) in [6.07, 6.45) is -2.74. The highest BCUT2D eigenvalue weighted by Crippen LogP contribution is 2.38. The number of halogens is 4. The first kappa shape index (κ1) is 14.4. The summed E-state index contributed by atoms with van der Waals surface area (Å²) in [6.45, 7) is 6.84. The molecule has 0 N–H and O–H groups in total. The molecule has 2 nitrogen and oxygen atoms in total. The Balaban J connectivity index is 2.43. The van der Waals surface area contributed by atoms with Crippen LogP contribution in [0.25, 0.3) is 4.85 Å². The van der Waals surface area contributed by atoms with Gasteiger partial charge in [-0.2, -0.15) is 0 Å². The Labute approximate surface area is 121 Å². The maximum atomic E-state index is 13.3. The molecule has 0 bridgehead atoms. The molecule has 2 rings (SSSR count). The van der Waals surface area contributed by atoms with Gasteiger partial charge in [0, 0.05) is 10.5 Å². The minimum Gasteiger partial charge on any atom is -0.458 e. The van der Waals surface area contributed by atoms with Gasteiger partial charge in [0.05, 0.1) is 12.1 Å². The number of rotatable bonds is 3. The minimum atomic E-state index is -2.74. The predicted octanol–water partition coefficient (Wildman–Crippen LogP) is 5.87. The Bertz CT molecular complexity index is 683. The summed E-state index contributed by atoms with van der Waals surface area (Å²) in [5, 5.41) is 0. The number of ether oxygens (including phenoxy) is 1. The Morgan fingerprint density at radius 1 is 1.20 bits per heavy atom. The van der Waals surface area contributed by atoms with Gasteiger partial charge in [-0.15, -0.1) is 0 Å². The maximum absolute atomic E-state index is 13.3. The van der Waals surface area contributed by atoms with Crippen molar-refractivity contribution in [2.24, 2.45) is 0 Å². The molecule has 0 atom stereocenters. The smallest absolute Gasteiger partial charge is 0.268 e. The van der Waals surface area contributed by atoms with E-state index < -0.39 is 12.2 Å². The zero-order chi connectivity index (χ0) is 14.7. The van der Waals surface area contributed by atoms with E-state index >= 15 is 0 Å². The molecule has 0 fully saturated rings. The molecule has 0 heterocycles. The van der Waals surface area contributed by atoms with Crippen molar-refractivity contribution in [3.05, 3.63) is 63.7 Å². The fourth-order valence-corrected chi connectivity index (χ4v) is 2.14. The van der Waals surface area contributed by atoms with Gasteiger partial charge >= 0.3 is 0 Å². The van der Waals surface area contributed by atoms with Crippen molar-refractivity contribution >= 4 is 21.6 Å². The predicted molar refractivity (Wildman–Crippen MR) is 71.8 cm³/mol. The second-order valence-corrected chi connectivity index (χ2v) is 4.67. The van der Waals surface area contributed by atoms with Crippen LogP contribution in [0.15, 0.2) is 40.9 Å². The van der Waals surface area contributed by atoms with Crippen molar-refractivity contribution in [2.75, 3.05) is 0 Å². The second-order valence-electron chi connectivity index (χ2n) is 3.81. The van der Waals surface area contributed by atoms with Gasteiger partial charge in [0.25, 0.3) is 6.43 Å². The van der Waals surface area contributed by atoms with E-state index in [-0.39, 0.29) is 27.2 Å². The topological polar surface area (TPSA) is 13.6 Å². The first-order chi connectivity index (χ1) is 9.51. The van der Waals surface area contributed by atoms with E-state index in [1.165, 1.54) is 24.3 Å². The molecule has 2 aromatic carbocycles. The Hall–Kier alpha value is -2.00. The monoisotopic (exact) mass is 341 g/mol. The molecular formula is C14H7BrF3NO. The molecule has 0 saturated heterocycles. The summed E-state index contributed by atoms with van der Waals surface area (Å²) in [5.74, 6) is -0.756. The molecular weight excluding hydrogens is 335 g/mol. The van der Waals surface area contributed by atoms with Gasteiger partial charge in [-0.3, -0.25) is 0 Å². The molecule has 102 valence electrons. The first-order valence-corrected chi connectivity index (χ1v) is 6.23. The van der Waals surface area contributed by atoms with E-state index in [4.69, 9.17) is 11.3 Å². The van der Waals surface area contributed by atoms with Gasteiger partial charge < -0.3 is 4.74 Å². The lowest BCUT2D eigenvalue weighted by Crippen LogP contribution is -1.94. The Morgan fingerprint density at radius 3 is 2.60 bits per heavy atom. The minimum absolute atomic E-state index is 0.00370. The lowest BCUT2D eigenvalue weighted by Gasteiger charge is -2.12. The molecule has 20 heavy (non-hydrogen) atoms. The number of benzene rings is 2. The molecule has 0 unspecified atom stereocenters. The Kier molecular flexibility index (Phi) is 4.30. The molecule has 0 spiro atoms. The molecule has 0 aliphatic heterocycles. The number of nitrogens with zero attached hydrogens (tertiary/aromatic N) is 1. The summed E-state index contributed by atoms with van der Waals surface area (Å²) >= 11 is 3.02. The lowest BCUT2D eigenvalue weighted by molar-refractivity contribution is 0.147. The van der Waals surface area contributed by atoms with Crippen LogP contribution in [-0.4, -0.2) is 0 Å². The fourth-order valence-electron chi connectivity index (χ4n) is 1.62. The van der Waals surface area contributed by atoms with E-state index in [1.54, 1.807) is 0 Å². The van der Waals surface area contributed by atoms with Crippen LogP contribution in [0.5, 0.6) is 11.5 Å². The van der Waals surface area contributed by atoms with Crippen LogP contribution in [0.2, 0.25) is 0 Å². The maximum Gasteiger partial charge on any atom is 0.268 e. The summed E-state index contributed by atoms with van der Waals surface area (Å²) in [6, 6.07) is 7.70. The number of hydrogen-bond acceptors (Lipinski definition) is 1. The van der Waals surface area contributed by atoms with Crippen LogP contribution in [-0.2, 0) is 0 Å². The van der Waals surface area contributed by atoms with Crippen LogP contribution >= 0.6 is 15.9 Å². The molecule has 2 aromatic rings. The van der Waals surface area contributed by atoms with Gasteiger partial charge in [0.2, 0.25) is 0 Å². The molecule has 0 radical (unpaired) electrons. The average Bonchev–Trinajstić information content (AvgIpc) is 2.37. The van der Waals surface area contributed by atoms with E-state index in [0.29, 0.717) is 0 Å². The SMILES string of the molecule is [C-]#[N+]c1cc(F)cc(Oc2cccc(Br)c2C(F)F)c1. The van der Waals surface area contributed by atoms with Crippen LogP contribution in [0.3, 0.4) is 0 Å². The first-order valence-electron chi connectivity index (χ1n) is 5.43. The molecule has 0 aromatic heterocycles. The fraction of sp³-hybridized carbons (Fsp3) is 0.0714. The quantitative estimate of drug-likeness (QED) is 0.636. The van der Waals surface area contributed by atoms with Crippen molar-refractivity contribution in [3.63, 3.8) is 0 Å². The van der Waals surface area contributed by atoms with Crippen LogP contribution < -0.4 is 4.74 Å².